The van der Waals surface area contributed by atoms with Crippen LogP contribution in [0.1, 0.15) is 19.2 Å². The van der Waals surface area contributed by atoms with E-state index in [1.165, 1.54) is 24.3 Å². The third-order valence-electron chi connectivity index (χ3n) is 4.75. The minimum Gasteiger partial charge on any atom is -0.495 e. The van der Waals surface area contributed by atoms with E-state index in [1.807, 2.05) is 0 Å². The molecule has 0 aliphatic heterocycles. The number of amides is 2. The van der Waals surface area contributed by atoms with Crippen LogP contribution in [0.5, 0.6) is 5.75 Å². The Morgan fingerprint density at radius 1 is 1.19 bits per heavy atom. The van der Waals surface area contributed by atoms with E-state index in [4.69, 9.17) is 9.15 Å². The molecule has 1 N–H and O–H groups in total. The topological polar surface area (TPSA) is 84.7 Å². The van der Waals surface area contributed by atoms with Gasteiger partial charge < -0.3 is 19.4 Å². The van der Waals surface area contributed by atoms with Crippen molar-refractivity contribution in [3.63, 3.8) is 0 Å². The van der Waals surface area contributed by atoms with Crippen LogP contribution in [0.3, 0.4) is 0 Å². The number of nitrogens with one attached hydrogen (secondary N) is 1. The van der Waals surface area contributed by atoms with Crippen molar-refractivity contribution in [2.75, 3.05) is 25.5 Å². The van der Waals surface area contributed by atoms with Crippen molar-refractivity contribution in [3.8, 4) is 17.1 Å². The lowest BCUT2D eigenvalue weighted by atomic mass is 10.2. The van der Waals surface area contributed by atoms with E-state index in [0.717, 1.165) is 12.1 Å². The minimum absolute atomic E-state index is 0.0572. The Hall–Kier alpha value is -3.75. The van der Waals surface area contributed by atoms with Gasteiger partial charge in [-0.25, -0.2) is 13.8 Å². The Balaban J connectivity index is 1.56. The number of oxazole rings is 1. The molecule has 2 aromatic carbocycles. The lowest BCUT2D eigenvalue weighted by Crippen LogP contribution is -2.38. The third kappa shape index (κ3) is 5.69. The van der Waals surface area contributed by atoms with E-state index in [9.17, 15) is 18.4 Å². The van der Waals surface area contributed by atoms with Crippen LogP contribution in [0, 0.1) is 11.6 Å². The summed E-state index contributed by atoms with van der Waals surface area (Å²) in [5.74, 6) is -1.15. The van der Waals surface area contributed by atoms with Gasteiger partial charge in [-0.3, -0.25) is 9.59 Å². The highest BCUT2D eigenvalue weighted by molar-refractivity contribution is 5.95. The first kappa shape index (κ1) is 22.9. The molecule has 0 fully saturated rings. The summed E-state index contributed by atoms with van der Waals surface area (Å²) in [5, 5.41) is 2.73. The Kier molecular flexibility index (Phi) is 7.54. The highest BCUT2D eigenvalue weighted by Gasteiger charge is 2.18. The molecule has 0 saturated carbocycles. The average molecular weight is 443 g/mol. The molecule has 9 heteroatoms. The zero-order valence-corrected chi connectivity index (χ0v) is 17.7. The van der Waals surface area contributed by atoms with Crippen LogP contribution < -0.4 is 10.1 Å². The molecule has 7 nitrogen and oxygen atoms in total. The number of methoxy groups -OCH3 is 1. The fourth-order valence-electron chi connectivity index (χ4n) is 3.10. The van der Waals surface area contributed by atoms with Crippen LogP contribution >= 0.6 is 0 Å². The lowest BCUT2D eigenvalue weighted by Gasteiger charge is -2.20. The minimum atomic E-state index is -0.762. The lowest BCUT2D eigenvalue weighted by molar-refractivity contribution is -0.134. The monoisotopic (exact) mass is 443 g/mol. The molecule has 0 unspecified atom stereocenters. The average Bonchev–Trinajstić information content (AvgIpc) is 3.24. The largest absolute Gasteiger partial charge is 0.495 e. The summed E-state index contributed by atoms with van der Waals surface area (Å²) in [7, 11) is 1.51. The van der Waals surface area contributed by atoms with Gasteiger partial charge in [0.15, 0.2) is 11.7 Å². The maximum Gasteiger partial charge on any atom is 0.244 e. The van der Waals surface area contributed by atoms with Gasteiger partial charge in [-0.05, 0) is 31.2 Å². The highest BCUT2D eigenvalue weighted by Crippen LogP contribution is 2.25. The number of carbonyl (C=O) groups excluding carboxylic acids is 2. The first-order valence-electron chi connectivity index (χ1n) is 10.0. The van der Waals surface area contributed by atoms with E-state index < -0.39 is 11.6 Å². The zero-order chi connectivity index (χ0) is 23.1. The molecule has 32 heavy (non-hydrogen) atoms. The predicted octanol–water partition coefficient (Wildman–Crippen LogP) is 4.05. The summed E-state index contributed by atoms with van der Waals surface area (Å²) < 4.78 is 37.7. The van der Waals surface area contributed by atoms with E-state index in [0.29, 0.717) is 18.0 Å². The van der Waals surface area contributed by atoms with Crippen LogP contribution in [0.4, 0.5) is 14.5 Å². The van der Waals surface area contributed by atoms with Crippen molar-refractivity contribution in [3.05, 3.63) is 66.2 Å². The molecular weight excluding hydrogens is 420 g/mol. The number of likely N-dealkylation sites (N-methyl/N-ethyl adjacent to an activating group) is 1. The van der Waals surface area contributed by atoms with Gasteiger partial charge in [0.1, 0.15) is 17.4 Å². The molecule has 3 rings (SSSR count). The Bertz CT molecular complexity index is 1100. The van der Waals surface area contributed by atoms with E-state index in [-0.39, 0.29) is 48.4 Å². The number of halogens is 2. The predicted molar refractivity (Wildman–Crippen MR) is 114 cm³/mol. The quantitative estimate of drug-likeness (QED) is 0.539. The second-order valence-electron chi connectivity index (χ2n) is 6.90. The molecule has 0 saturated heterocycles. The number of ether oxygens (including phenoxy) is 1. The van der Waals surface area contributed by atoms with Gasteiger partial charge in [0.05, 0.1) is 31.1 Å². The standard InChI is InChI=1S/C23H23F2N3O4/c1-3-28(14-21(29)27-18-6-4-5-7-19(18)31-2)23(30)11-10-22-26-13-20(32-22)16-9-8-15(24)12-17(16)25/h4-9,12-13H,3,10-11,14H2,1-2H3,(H,27,29). The zero-order valence-electron chi connectivity index (χ0n) is 17.7. The number of rotatable bonds is 9. The number of para-hydroxylation sites is 2. The molecule has 168 valence electrons. The summed E-state index contributed by atoms with van der Waals surface area (Å²) in [6.07, 6.45) is 1.56. The maximum absolute atomic E-state index is 13.9. The first-order valence-corrected chi connectivity index (χ1v) is 10.0. The normalized spacial score (nSPS) is 10.6. The number of aromatic nitrogens is 1. The smallest absolute Gasteiger partial charge is 0.244 e. The third-order valence-corrected chi connectivity index (χ3v) is 4.75. The Labute approximate surface area is 184 Å². The Morgan fingerprint density at radius 3 is 2.69 bits per heavy atom. The van der Waals surface area contributed by atoms with Crippen LogP contribution in [-0.2, 0) is 16.0 Å². The van der Waals surface area contributed by atoms with E-state index in [1.54, 1.807) is 31.2 Å². The van der Waals surface area contributed by atoms with Gasteiger partial charge in [0, 0.05) is 25.5 Å². The number of nitrogens with zero attached hydrogens (tertiary/aromatic N) is 2. The molecule has 1 heterocycles. The molecular formula is C23H23F2N3O4. The van der Waals surface area contributed by atoms with Crippen LogP contribution in [-0.4, -0.2) is 41.9 Å². The van der Waals surface area contributed by atoms with Gasteiger partial charge in [-0.15, -0.1) is 0 Å². The van der Waals surface area contributed by atoms with Crippen molar-refractivity contribution in [1.29, 1.82) is 0 Å². The fraction of sp³-hybridized carbons (Fsp3) is 0.261. The second-order valence-corrected chi connectivity index (χ2v) is 6.90. The van der Waals surface area contributed by atoms with Gasteiger partial charge in [-0.1, -0.05) is 12.1 Å². The molecule has 0 bridgehead atoms. The number of hydrogen-bond acceptors (Lipinski definition) is 5. The number of carbonyl (C=O) groups is 2. The SMILES string of the molecule is CCN(CC(=O)Nc1ccccc1OC)C(=O)CCc1ncc(-c2ccc(F)cc2F)o1. The van der Waals surface area contributed by atoms with Crippen LogP contribution in [0.25, 0.3) is 11.3 Å². The van der Waals surface area contributed by atoms with Crippen molar-refractivity contribution in [2.45, 2.75) is 19.8 Å². The Morgan fingerprint density at radius 2 is 1.97 bits per heavy atom. The van der Waals surface area contributed by atoms with Crippen LogP contribution in [0.2, 0.25) is 0 Å². The van der Waals surface area contributed by atoms with E-state index >= 15 is 0 Å². The first-order chi connectivity index (χ1) is 15.4. The van der Waals surface area contributed by atoms with E-state index in [2.05, 4.69) is 10.3 Å². The highest BCUT2D eigenvalue weighted by atomic mass is 19.1. The van der Waals surface area contributed by atoms with Gasteiger partial charge in [-0.2, -0.15) is 0 Å². The van der Waals surface area contributed by atoms with Crippen LogP contribution in [0.15, 0.2) is 53.1 Å². The summed E-state index contributed by atoms with van der Waals surface area (Å²) in [6, 6.07) is 10.1. The van der Waals surface area contributed by atoms with Gasteiger partial charge >= 0.3 is 0 Å². The van der Waals surface area contributed by atoms with Crippen molar-refractivity contribution >= 4 is 17.5 Å². The number of hydrogen-bond donors (Lipinski definition) is 1. The molecule has 3 aromatic rings. The molecule has 2 amide bonds. The van der Waals surface area contributed by atoms with Gasteiger partial charge in [0.25, 0.3) is 0 Å². The number of anilines is 1. The number of aryl methyl sites for hydroxylation is 1. The van der Waals surface area contributed by atoms with Crippen molar-refractivity contribution in [1.82, 2.24) is 9.88 Å². The molecule has 1 aromatic heterocycles. The molecule has 0 aliphatic rings. The molecule has 0 radical (unpaired) electrons. The number of benzene rings is 2. The second kappa shape index (κ2) is 10.5. The van der Waals surface area contributed by atoms with Crippen molar-refractivity contribution in [2.24, 2.45) is 0 Å². The summed E-state index contributed by atoms with van der Waals surface area (Å²) >= 11 is 0. The molecule has 0 aliphatic carbocycles. The van der Waals surface area contributed by atoms with Gasteiger partial charge in [0.2, 0.25) is 11.8 Å². The molecule has 0 spiro atoms. The summed E-state index contributed by atoms with van der Waals surface area (Å²) in [6.45, 7) is 2.00. The maximum atomic E-state index is 13.9. The summed E-state index contributed by atoms with van der Waals surface area (Å²) in [5.41, 5.74) is 0.600. The fourth-order valence-corrected chi connectivity index (χ4v) is 3.10. The molecule has 0 atom stereocenters. The summed E-state index contributed by atoms with van der Waals surface area (Å²) in [4.78, 5) is 30.4. The van der Waals surface area contributed by atoms with Crippen molar-refractivity contribution < 1.29 is 27.5 Å².